The molecule has 1 N–H and O–H groups in total. The van der Waals surface area contributed by atoms with Crippen molar-refractivity contribution in [2.24, 2.45) is 0 Å². The molecule has 2 rings (SSSR count). The van der Waals surface area contributed by atoms with Crippen molar-refractivity contribution >= 4 is 10.0 Å². The van der Waals surface area contributed by atoms with Crippen LogP contribution in [0.1, 0.15) is 11.6 Å². The summed E-state index contributed by atoms with van der Waals surface area (Å²) < 4.78 is 51.6. The molecule has 0 aliphatic heterocycles. The maximum Gasteiger partial charge on any atom is 0.240 e. The molecule has 0 saturated carbocycles. The second-order valence-corrected chi connectivity index (χ2v) is 7.67. The van der Waals surface area contributed by atoms with Gasteiger partial charge in [-0.1, -0.05) is 12.1 Å². The number of likely N-dealkylation sites (N-methyl/N-ethyl adjacent to an activating group) is 1. The summed E-state index contributed by atoms with van der Waals surface area (Å²) in [6.45, 7) is 0.0904. The molecule has 0 aliphatic carbocycles. The highest BCUT2D eigenvalue weighted by molar-refractivity contribution is 7.89. The number of ether oxygens (including phenoxy) is 2. The molecule has 1 unspecified atom stereocenters. The maximum absolute atomic E-state index is 13.5. The summed E-state index contributed by atoms with van der Waals surface area (Å²) in [6.07, 6.45) is 0. The van der Waals surface area contributed by atoms with Crippen molar-refractivity contribution in [3.05, 3.63) is 53.8 Å². The summed E-state index contributed by atoms with van der Waals surface area (Å²) in [7, 11) is 2.76. The fraction of sp³-hybridized carbons (Fsp3) is 0.333. The van der Waals surface area contributed by atoms with Gasteiger partial charge in [-0.15, -0.1) is 0 Å². The molecule has 0 amide bonds. The van der Waals surface area contributed by atoms with Crippen LogP contribution in [0.25, 0.3) is 0 Å². The number of hydrogen-bond donors (Lipinski definition) is 1. The van der Waals surface area contributed by atoms with Gasteiger partial charge in [0.05, 0.1) is 19.1 Å². The third-order valence-corrected chi connectivity index (χ3v) is 5.41. The average Bonchev–Trinajstić information content (AvgIpc) is 2.60. The van der Waals surface area contributed by atoms with Crippen molar-refractivity contribution in [1.82, 2.24) is 9.62 Å². The van der Waals surface area contributed by atoms with E-state index in [0.717, 1.165) is 0 Å². The van der Waals surface area contributed by atoms with Crippen LogP contribution in [0.3, 0.4) is 0 Å². The average molecular weight is 382 g/mol. The van der Waals surface area contributed by atoms with Gasteiger partial charge in [0.2, 0.25) is 10.0 Å². The molecule has 0 heterocycles. The molecule has 0 fully saturated rings. The lowest BCUT2D eigenvalue weighted by molar-refractivity contribution is 0.298. The van der Waals surface area contributed by atoms with Gasteiger partial charge in [0.25, 0.3) is 0 Å². The molecule has 142 valence electrons. The molecule has 0 aromatic heterocycles. The van der Waals surface area contributed by atoms with E-state index < -0.39 is 10.0 Å². The van der Waals surface area contributed by atoms with Crippen LogP contribution >= 0.6 is 0 Å². The zero-order chi connectivity index (χ0) is 19.3. The molecule has 1 atom stereocenters. The molecular formula is C18H23FN2O4S. The van der Waals surface area contributed by atoms with E-state index in [2.05, 4.69) is 4.72 Å². The molecule has 0 aliphatic rings. The summed E-state index contributed by atoms with van der Waals surface area (Å²) in [5, 5.41) is 0. The third kappa shape index (κ3) is 4.72. The van der Waals surface area contributed by atoms with Gasteiger partial charge in [-0.05, 0) is 43.9 Å². The van der Waals surface area contributed by atoms with Gasteiger partial charge in [-0.3, -0.25) is 0 Å². The minimum atomic E-state index is -3.77. The lowest BCUT2D eigenvalue weighted by Crippen LogP contribution is -2.34. The Morgan fingerprint density at radius 1 is 1.08 bits per heavy atom. The van der Waals surface area contributed by atoms with Crippen molar-refractivity contribution in [2.75, 3.05) is 34.9 Å². The summed E-state index contributed by atoms with van der Waals surface area (Å²) in [5.41, 5.74) is 0.685. The Labute approximate surface area is 153 Å². The number of nitrogens with one attached hydrogen (secondary N) is 1. The van der Waals surface area contributed by atoms with E-state index in [1.807, 2.05) is 4.90 Å². The lowest BCUT2D eigenvalue weighted by Gasteiger charge is -2.25. The Morgan fingerprint density at radius 3 is 2.35 bits per heavy atom. The number of sulfonamides is 1. The summed E-state index contributed by atoms with van der Waals surface area (Å²) >= 11 is 0. The molecule has 2 aromatic carbocycles. The summed E-state index contributed by atoms with van der Waals surface area (Å²) in [4.78, 5) is 1.89. The number of methoxy groups -OCH3 is 2. The predicted molar refractivity (Wildman–Crippen MR) is 97.6 cm³/mol. The first kappa shape index (κ1) is 20.2. The molecule has 0 bridgehead atoms. The van der Waals surface area contributed by atoms with Crippen LogP contribution in [0.15, 0.2) is 47.4 Å². The van der Waals surface area contributed by atoms with E-state index in [1.165, 1.54) is 44.6 Å². The smallest absolute Gasteiger partial charge is 0.240 e. The molecule has 0 saturated heterocycles. The van der Waals surface area contributed by atoms with Crippen LogP contribution in [0, 0.1) is 5.82 Å². The number of halogens is 1. The molecule has 6 nitrogen and oxygen atoms in total. The second-order valence-electron chi connectivity index (χ2n) is 5.90. The fourth-order valence-electron chi connectivity index (χ4n) is 2.57. The van der Waals surface area contributed by atoms with Crippen molar-refractivity contribution in [3.8, 4) is 11.5 Å². The van der Waals surface area contributed by atoms with Gasteiger partial charge in [-0.25, -0.2) is 17.5 Å². The molecule has 26 heavy (non-hydrogen) atoms. The van der Waals surface area contributed by atoms with Crippen LogP contribution in [0.4, 0.5) is 4.39 Å². The van der Waals surface area contributed by atoms with Crippen LogP contribution in [0.2, 0.25) is 0 Å². The van der Waals surface area contributed by atoms with Gasteiger partial charge >= 0.3 is 0 Å². The Kier molecular flexibility index (Phi) is 6.57. The molecular weight excluding hydrogens is 359 g/mol. The van der Waals surface area contributed by atoms with Gasteiger partial charge in [0.1, 0.15) is 5.82 Å². The highest BCUT2D eigenvalue weighted by atomic mass is 32.2. The van der Waals surface area contributed by atoms with Crippen LogP contribution in [-0.2, 0) is 10.0 Å². The first-order valence-electron chi connectivity index (χ1n) is 7.92. The zero-order valence-electron chi connectivity index (χ0n) is 15.2. The van der Waals surface area contributed by atoms with E-state index in [0.29, 0.717) is 17.1 Å². The number of rotatable bonds is 8. The van der Waals surface area contributed by atoms with Gasteiger partial charge in [0, 0.05) is 18.7 Å². The lowest BCUT2D eigenvalue weighted by atomic mass is 10.1. The highest BCUT2D eigenvalue weighted by Gasteiger charge is 2.21. The Bertz CT molecular complexity index is 856. The maximum atomic E-state index is 13.5. The normalized spacial score (nSPS) is 12.8. The van der Waals surface area contributed by atoms with Gasteiger partial charge in [-0.2, -0.15) is 0 Å². The number of benzene rings is 2. The molecule has 8 heteroatoms. The second kappa shape index (κ2) is 8.48. The minimum Gasteiger partial charge on any atom is -0.493 e. The van der Waals surface area contributed by atoms with Crippen LogP contribution < -0.4 is 14.2 Å². The van der Waals surface area contributed by atoms with Crippen molar-refractivity contribution < 1.29 is 22.3 Å². The van der Waals surface area contributed by atoms with E-state index >= 15 is 0 Å². The fourth-order valence-corrected chi connectivity index (χ4v) is 3.62. The van der Waals surface area contributed by atoms with Gasteiger partial charge in [0.15, 0.2) is 11.5 Å². The minimum absolute atomic E-state index is 0.0619. The monoisotopic (exact) mass is 382 g/mol. The first-order chi connectivity index (χ1) is 12.3. The molecule has 0 spiro atoms. The topological polar surface area (TPSA) is 67.9 Å². The largest absolute Gasteiger partial charge is 0.493 e. The third-order valence-electron chi connectivity index (χ3n) is 3.99. The quantitative estimate of drug-likeness (QED) is 0.760. The number of nitrogens with zero attached hydrogens (tertiary/aromatic N) is 1. The molecule has 0 radical (unpaired) electrons. The van der Waals surface area contributed by atoms with Gasteiger partial charge < -0.3 is 14.4 Å². The highest BCUT2D eigenvalue weighted by Crippen LogP contribution is 2.29. The molecule has 2 aromatic rings. The van der Waals surface area contributed by atoms with E-state index in [1.54, 1.807) is 26.2 Å². The summed E-state index contributed by atoms with van der Waals surface area (Å²) in [6, 6.07) is 10.2. The SMILES string of the molecule is COc1ccc(S(=O)(=O)NCC(c2cccc(F)c2)N(C)C)cc1OC. The van der Waals surface area contributed by atoms with Crippen LogP contribution in [0.5, 0.6) is 11.5 Å². The van der Waals surface area contributed by atoms with E-state index in [4.69, 9.17) is 9.47 Å². The van der Waals surface area contributed by atoms with Crippen LogP contribution in [-0.4, -0.2) is 48.2 Å². The van der Waals surface area contributed by atoms with E-state index in [-0.39, 0.29) is 23.3 Å². The summed E-state index contributed by atoms with van der Waals surface area (Å²) in [5.74, 6) is 0.402. The van der Waals surface area contributed by atoms with E-state index in [9.17, 15) is 12.8 Å². The first-order valence-corrected chi connectivity index (χ1v) is 9.40. The van der Waals surface area contributed by atoms with Crippen molar-refractivity contribution in [2.45, 2.75) is 10.9 Å². The van der Waals surface area contributed by atoms with Crippen molar-refractivity contribution in [3.63, 3.8) is 0 Å². The standard InChI is InChI=1S/C18H23FN2O4S/c1-21(2)16(13-6-5-7-14(19)10-13)12-20-26(22,23)15-8-9-17(24-3)18(11-15)25-4/h5-11,16,20H,12H2,1-4H3. The Balaban J connectivity index is 2.22. The van der Waals surface area contributed by atoms with Crippen molar-refractivity contribution in [1.29, 1.82) is 0 Å². The Hall–Kier alpha value is -2.16. The number of hydrogen-bond acceptors (Lipinski definition) is 5. The predicted octanol–water partition coefficient (Wildman–Crippen LogP) is 2.42. The Morgan fingerprint density at radius 2 is 1.77 bits per heavy atom. The zero-order valence-corrected chi connectivity index (χ0v) is 16.0.